The summed E-state index contributed by atoms with van der Waals surface area (Å²) >= 11 is 3.19. The lowest BCUT2D eigenvalue weighted by atomic mass is 10.2. The van der Waals surface area contributed by atoms with Crippen LogP contribution in [0.4, 0.5) is 11.4 Å². The van der Waals surface area contributed by atoms with Crippen LogP contribution in [0.2, 0.25) is 0 Å². The van der Waals surface area contributed by atoms with Gasteiger partial charge in [0.25, 0.3) is 5.69 Å². The van der Waals surface area contributed by atoms with Crippen molar-refractivity contribution in [2.24, 2.45) is 0 Å². The molecular formula is C15H15BrN2O3. The molecule has 0 spiro atoms. The Balaban J connectivity index is 2.21. The number of hydrogen-bond donors (Lipinski definition) is 0. The van der Waals surface area contributed by atoms with Gasteiger partial charge in [-0.25, -0.2) is 0 Å². The second-order valence-electron chi connectivity index (χ2n) is 4.60. The Hall–Kier alpha value is -2.08. The Morgan fingerprint density at radius 1 is 1.29 bits per heavy atom. The fourth-order valence-corrected chi connectivity index (χ4v) is 2.40. The maximum Gasteiger partial charge on any atom is 0.283 e. The molecule has 0 fully saturated rings. The molecule has 0 saturated heterocycles. The summed E-state index contributed by atoms with van der Waals surface area (Å²) in [5.41, 5.74) is 1.93. The van der Waals surface area contributed by atoms with E-state index in [1.54, 1.807) is 19.2 Å². The van der Waals surface area contributed by atoms with Gasteiger partial charge in [0.1, 0.15) is 5.75 Å². The van der Waals surface area contributed by atoms with Crippen LogP contribution in [0, 0.1) is 10.1 Å². The van der Waals surface area contributed by atoms with E-state index in [0.717, 1.165) is 17.0 Å². The molecule has 0 bridgehead atoms. The molecule has 2 aromatic carbocycles. The quantitative estimate of drug-likeness (QED) is 0.604. The summed E-state index contributed by atoms with van der Waals surface area (Å²) in [7, 11) is 3.56. The summed E-state index contributed by atoms with van der Waals surface area (Å²) in [5, 5.41) is 11.0. The van der Waals surface area contributed by atoms with Gasteiger partial charge in [-0.15, -0.1) is 0 Å². The van der Waals surface area contributed by atoms with E-state index in [0.29, 0.717) is 11.0 Å². The average Bonchev–Trinajstić information content (AvgIpc) is 2.49. The van der Waals surface area contributed by atoms with Crippen LogP contribution in [-0.2, 0) is 6.54 Å². The van der Waals surface area contributed by atoms with Crippen LogP contribution in [0.25, 0.3) is 0 Å². The van der Waals surface area contributed by atoms with E-state index < -0.39 is 0 Å². The standard InChI is InChI=1S/C15H15BrN2O3/c1-17(12-4-3-5-13(9-12)21-2)10-11-6-7-14(16)15(8-11)18(19)20/h3-9H,10H2,1-2H3. The third kappa shape index (κ3) is 3.72. The summed E-state index contributed by atoms with van der Waals surface area (Å²) < 4.78 is 5.69. The van der Waals surface area contributed by atoms with E-state index in [2.05, 4.69) is 15.9 Å². The molecule has 0 unspecified atom stereocenters. The Morgan fingerprint density at radius 2 is 2.05 bits per heavy atom. The van der Waals surface area contributed by atoms with Crippen LogP contribution >= 0.6 is 15.9 Å². The van der Waals surface area contributed by atoms with E-state index in [9.17, 15) is 10.1 Å². The molecule has 0 heterocycles. The first-order valence-electron chi connectivity index (χ1n) is 6.29. The molecule has 2 rings (SSSR count). The first kappa shape index (κ1) is 15.3. The fourth-order valence-electron chi connectivity index (χ4n) is 2.01. The van der Waals surface area contributed by atoms with Gasteiger partial charge in [-0.05, 0) is 39.7 Å². The number of benzene rings is 2. The summed E-state index contributed by atoms with van der Waals surface area (Å²) in [4.78, 5) is 12.6. The van der Waals surface area contributed by atoms with E-state index >= 15 is 0 Å². The third-order valence-corrected chi connectivity index (χ3v) is 3.79. The lowest BCUT2D eigenvalue weighted by Gasteiger charge is -2.20. The zero-order valence-corrected chi connectivity index (χ0v) is 13.3. The van der Waals surface area contributed by atoms with Gasteiger partial charge >= 0.3 is 0 Å². The largest absolute Gasteiger partial charge is 0.497 e. The molecule has 0 amide bonds. The number of anilines is 1. The van der Waals surface area contributed by atoms with Gasteiger partial charge in [0, 0.05) is 31.4 Å². The number of nitrogens with zero attached hydrogens (tertiary/aromatic N) is 2. The van der Waals surface area contributed by atoms with Gasteiger partial charge in [0.2, 0.25) is 0 Å². The van der Waals surface area contributed by atoms with E-state index in [1.807, 2.05) is 42.3 Å². The lowest BCUT2D eigenvalue weighted by molar-refractivity contribution is -0.385. The smallest absolute Gasteiger partial charge is 0.283 e. The Bertz CT molecular complexity index is 661. The zero-order valence-electron chi connectivity index (χ0n) is 11.7. The van der Waals surface area contributed by atoms with Crippen LogP contribution in [0.1, 0.15) is 5.56 Å². The van der Waals surface area contributed by atoms with Gasteiger partial charge in [-0.1, -0.05) is 12.1 Å². The number of rotatable bonds is 5. The zero-order chi connectivity index (χ0) is 15.4. The maximum absolute atomic E-state index is 11.0. The lowest BCUT2D eigenvalue weighted by Crippen LogP contribution is -2.16. The molecule has 0 aliphatic carbocycles. The highest BCUT2D eigenvalue weighted by Crippen LogP contribution is 2.27. The molecular weight excluding hydrogens is 336 g/mol. The summed E-state index contributed by atoms with van der Waals surface area (Å²) in [5.74, 6) is 0.779. The average molecular weight is 351 g/mol. The molecule has 0 aliphatic heterocycles. The molecule has 0 saturated carbocycles. The number of nitro groups is 1. The van der Waals surface area contributed by atoms with Crippen molar-refractivity contribution < 1.29 is 9.66 Å². The van der Waals surface area contributed by atoms with Crippen molar-refractivity contribution >= 4 is 27.3 Å². The number of hydrogen-bond acceptors (Lipinski definition) is 4. The first-order chi connectivity index (χ1) is 10.0. The van der Waals surface area contributed by atoms with Crippen LogP contribution in [0.5, 0.6) is 5.75 Å². The highest BCUT2D eigenvalue weighted by Gasteiger charge is 2.13. The minimum atomic E-state index is -0.390. The monoisotopic (exact) mass is 350 g/mol. The molecule has 0 aromatic heterocycles. The minimum Gasteiger partial charge on any atom is -0.497 e. The molecule has 2 aromatic rings. The summed E-state index contributed by atoms with van der Waals surface area (Å²) in [6.45, 7) is 0.571. The number of methoxy groups -OCH3 is 1. The Kier molecular flexibility index (Phi) is 4.80. The summed E-state index contributed by atoms with van der Waals surface area (Å²) in [6, 6.07) is 12.8. The van der Waals surface area contributed by atoms with Crippen molar-refractivity contribution in [1.82, 2.24) is 0 Å². The highest BCUT2D eigenvalue weighted by molar-refractivity contribution is 9.10. The van der Waals surface area contributed by atoms with Crippen molar-refractivity contribution in [1.29, 1.82) is 0 Å². The van der Waals surface area contributed by atoms with E-state index in [1.165, 1.54) is 0 Å². The van der Waals surface area contributed by atoms with Crippen molar-refractivity contribution in [2.75, 3.05) is 19.1 Å². The molecule has 6 heteroatoms. The molecule has 5 nitrogen and oxygen atoms in total. The summed E-state index contributed by atoms with van der Waals surface area (Å²) in [6.07, 6.45) is 0. The van der Waals surface area contributed by atoms with Gasteiger partial charge < -0.3 is 9.64 Å². The third-order valence-electron chi connectivity index (χ3n) is 3.12. The Labute approximate surface area is 131 Å². The first-order valence-corrected chi connectivity index (χ1v) is 7.08. The van der Waals surface area contributed by atoms with Crippen LogP contribution in [0.15, 0.2) is 46.9 Å². The second kappa shape index (κ2) is 6.58. The Morgan fingerprint density at radius 3 is 2.71 bits per heavy atom. The number of nitro benzene ring substituents is 1. The fraction of sp³-hybridized carbons (Fsp3) is 0.200. The topological polar surface area (TPSA) is 55.6 Å². The van der Waals surface area contributed by atoms with E-state index in [-0.39, 0.29) is 10.6 Å². The number of ether oxygens (including phenoxy) is 1. The number of halogens is 1. The molecule has 0 atom stereocenters. The second-order valence-corrected chi connectivity index (χ2v) is 5.45. The van der Waals surface area contributed by atoms with Gasteiger partial charge in [-0.3, -0.25) is 10.1 Å². The van der Waals surface area contributed by atoms with Crippen LogP contribution in [0.3, 0.4) is 0 Å². The van der Waals surface area contributed by atoms with Gasteiger partial charge in [-0.2, -0.15) is 0 Å². The highest BCUT2D eigenvalue weighted by atomic mass is 79.9. The molecule has 0 radical (unpaired) electrons. The molecule has 0 aliphatic rings. The van der Waals surface area contributed by atoms with Crippen LogP contribution < -0.4 is 9.64 Å². The van der Waals surface area contributed by atoms with Crippen molar-refractivity contribution in [2.45, 2.75) is 6.54 Å². The van der Waals surface area contributed by atoms with Crippen LogP contribution in [-0.4, -0.2) is 19.1 Å². The van der Waals surface area contributed by atoms with Crippen molar-refractivity contribution in [3.63, 3.8) is 0 Å². The maximum atomic E-state index is 11.0. The van der Waals surface area contributed by atoms with Crippen molar-refractivity contribution in [3.8, 4) is 5.75 Å². The van der Waals surface area contributed by atoms with Crippen molar-refractivity contribution in [3.05, 3.63) is 62.6 Å². The van der Waals surface area contributed by atoms with Gasteiger partial charge in [0.15, 0.2) is 0 Å². The molecule has 21 heavy (non-hydrogen) atoms. The molecule has 110 valence electrons. The minimum absolute atomic E-state index is 0.0755. The molecule has 0 N–H and O–H groups in total. The van der Waals surface area contributed by atoms with Gasteiger partial charge in [0.05, 0.1) is 16.5 Å². The SMILES string of the molecule is COc1cccc(N(C)Cc2ccc(Br)c([N+](=O)[O-])c2)c1. The predicted molar refractivity (Wildman–Crippen MR) is 85.9 cm³/mol. The normalized spacial score (nSPS) is 10.2. The van der Waals surface area contributed by atoms with E-state index in [4.69, 9.17) is 4.74 Å². The predicted octanol–water partition coefficient (Wildman–Crippen LogP) is 4.00.